The van der Waals surface area contributed by atoms with Gasteiger partial charge in [-0.15, -0.1) is 0 Å². The fourth-order valence-electron chi connectivity index (χ4n) is 3.31. The highest BCUT2D eigenvalue weighted by atomic mass is 19.3. The van der Waals surface area contributed by atoms with Crippen LogP contribution in [0.5, 0.6) is 0 Å². The van der Waals surface area contributed by atoms with E-state index in [2.05, 4.69) is 4.90 Å². The molecule has 0 aromatic carbocycles. The number of hydrogen-bond donors (Lipinski definition) is 2. The van der Waals surface area contributed by atoms with Crippen LogP contribution in [0, 0.1) is 5.41 Å². The van der Waals surface area contributed by atoms with E-state index in [4.69, 9.17) is 0 Å². The first-order valence-electron chi connectivity index (χ1n) is 6.22. The van der Waals surface area contributed by atoms with E-state index in [1.54, 1.807) is 0 Å². The minimum absolute atomic E-state index is 0.344. The third-order valence-electron chi connectivity index (χ3n) is 4.52. The Labute approximate surface area is 100 Å². The first-order chi connectivity index (χ1) is 7.83. The second-order valence-corrected chi connectivity index (χ2v) is 5.84. The quantitative estimate of drug-likeness (QED) is 0.774. The number of rotatable bonds is 2. The standard InChI is InChI=1S/C12H21F2NO2/c1-15-5-2-3-11(17,4-6-15)10(9-16)7-12(13,14)8-10/h16-17H,2-9H2,1H3. The van der Waals surface area contributed by atoms with E-state index < -0.39 is 16.9 Å². The summed E-state index contributed by atoms with van der Waals surface area (Å²) >= 11 is 0. The molecule has 0 aromatic rings. The Morgan fingerprint density at radius 1 is 1.18 bits per heavy atom. The highest BCUT2D eigenvalue weighted by molar-refractivity contribution is 5.10. The third-order valence-corrected chi connectivity index (χ3v) is 4.52. The summed E-state index contributed by atoms with van der Waals surface area (Å²) in [7, 11) is 1.97. The number of aliphatic hydroxyl groups is 2. The minimum atomic E-state index is -2.71. The molecule has 17 heavy (non-hydrogen) atoms. The molecule has 5 heteroatoms. The number of alkyl halides is 2. The molecule has 0 aromatic heterocycles. The Hall–Kier alpha value is -0.260. The first-order valence-corrected chi connectivity index (χ1v) is 6.22. The molecule has 3 nitrogen and oxygen atoms in total. The smallest absolute Gasteiger partial charge is 0.249 e. The zero-order chi connectivity index (χ0) is 12.7. The van der Waals surface area contributed by atoms with Crippen LogP contribution in [0.1, 0.15) is 32.1 Å². The molecule has 0 spiro atoms. The molecule has 1 saturated heterocycles. The third kappa shape index (κ3) is 2.20. The van der Waals surface area contributed by atoms with Gasteiger partial charge in [-0.2, -0.15) is 0 Å². The van der Waals surface area contributed by atoms with Crippen LogP contribution in [-0.2, 0) is 0 Å². The van der Waals surface area contributed by atoms with Gasteiger partial charge in [-0.05, 0) is 32.9 Å². The first kappa shape index (κ1) is 13.2. The Balaban J connectivity index is 2.13. The Morgan fingerprint density at radius 2 is 1.82 bits per heavy atom. The van der Waals surface area contributed by atoms with Crippen molar-refractivity contribution < 1.29 is 19.0 Å². The van der Waals surface area contributed by atoms with Gasteiger partial charge in [0.05, 0.1) is 12.2 Å². The van der Waals surface area contributed by atoms with Crippen molar-refractivity contribution in [2.24, 2.45) is 5.41 Å². The van der Waals surface area contributed by atoms with Crippen molar-refractivity contribution in [2.45, 2.75) is 43.6 Å². The van der Waals surface area contributed by atoms with Crippen molar-refractivity contribution in [1.29, 1.82) is 0 Å². The number of likely N-dealkylation sites (tertiary alicyclic amines) is 1. The van der Waals surface area contributed by atoms with E-state index in [1.807, 2.05) is 7.05 Å². The SMILES string of the molecule is CN1CCCC(O)(C2(CO)CC(F)(F)C2)CC1. The van der Waals surface area contributed by atoms with Crippen molar-refractivity contribution in [3.05, 3.63) is 0 Å². The maximum atomic E-state index is 13.1. The average molecular weight is 249 g/mol. The van der Waals surface area contributed by atoms with Crippen LogP contribution < -0.4 is 0 Å². The molecule has 0 bridgehead atoms. The maximum Gasteiger partial charge on any atom is 0.249 e. The zero-order valence-corrected chi connectivity index (χ0v) is 10.3. The topological polar surface area (TPSA) is 43.7 Å². The van der Waals surface area contributed by atoms with Gasteiger partial charge in [0, 0.05) is 24.8 Å². The number of aliphatic hydroxyl groups excluding tert-OH is 1. The van der Waals surface area contributed by atoms with Gasteiger partial charge in [0.2, 0.25) is 5.92 Å². The average Bonchev–Trinajstić information content (AvgIpc) is 2.38. The lowest BCUT2D eigenvalue weighted by Crippen LogP contribution is -2.62. The molecule has 1 atom stereocenters. The predicted octanol–water partition coefficient (Wildman–Crippen LogP) is 1.24. The number of nitrogens with zero attached hydrogens (tertiary/aromatic N) is 1. The van der Waals surface area contributed by atoms with Crippen LogP contribution in [-0.4, -0.2) is 53.4 Å². The van der Waals surface area contributed by atoms with Crippen LogP contribution >= 0.6 is 0 Å². The lowest BCUT2D eigenvalue weighted by Gasteiger charge is -2.55. The van der Waals surface area contributed by atoms with Gasteiger partial charge in [0.15, 0.2) is 0 Å². The summed E-state index contributed by atoms with van der Waals surface area (Å²) < 4.78 is 26.2. The summed E-state index contributed by atoms with van der Waals surface area (Å²) in [5, 5.41) is 20.1. The van der Waals surface area contributed by atoms with Crippen LogP contribution in [0.4, 0.5) is 8.78 Å². The van der Waals surface area contributed by atoms with Gasteiger partial charge in [-0.1, -0.05) is 0 Å². The van der Waals surface area contributed by atoms with Crippen LogP contribution in [0.2, 0.25) is 0 Å². The minimum Gasteiger partial charge on any atom is -0.396 e. The fourth-order valence-corrected chi connectivity index (χ4v) is 3.31. The molecular formula is C12H21F2NO2. The maximum absolute atomic E-state index is 13.1. The highest BCUT2D eigenvalue weighted by Gasteiger charge is 2.65. The summed E-state index contributed by atoms with van der Waals surface area (Å²) in [5.74, 6) is -2.71. The number of halogens is 2. The van der Waals surface area contributed by atoms with E-state index in [-0.39, 0.29) is 19.4 Å². The van der Waals surface area contributed by atoms with E-state index >= 15 is 0 Å². The molecule has 1 aliphatic carbocycles. The molecule has 0 amide bonds. The normalized spacial score (nSPS) is 37.2. The molecule has 1 unspecified atom stereocenters. The molecule has 1 saturated carbocycles. The molecule has 1 aliphatic heterocycles. The highest BCUT2D eigenvalue weighted by Crippen LogP contribution is 2.59. The molecule has 2 N–H and O–H groups in total. The summed E-state index contributed by atoms with van der Waals surface area (Å²) in [6.07, 6.45) is 1.02. The predicted molar refractivity (Wildman–Crippen MR) is 60.0 cm³/mol. The molecular weight excluding hydrogens is 228 g/mol. The lowest BCUT2D eigenvalue weighted by molar-refractivity contribution is -0.254. The fraction of sp³-hybridized carbons (Fsp3) is 1.00. The number of hydrogen-bond acceptors (Lipinski definition) is 3. The van der Waals surface area contributed by atoms with Crippen LogP contribution in [0.15, 0.2) is 0 Å². The lowest BCUT2D eigenvalue weighted by atomic mass is 9.55. The van der Waals surface area contributed by atoms with Crippen LogP contribution in [0.3, 0.4) is 0 Å². The van der Waals surface area contributed by atoms with Gasteiger partial charge >= 0.3 is 0 Å². The van der Waals surface area contributed by atoms with E-state index in [0.717, 1.165) is 13.0 Å². The molecule has 2 fully saturated rings. The summed E-state index contributed by atoms with van der Waals surface area (Å²) in [4.78, 5) is 2.10. The molecule has 1 heterocycles. The van der Waals surface area contributed by atoms with Gasteiger partial charge < -0.3 is 15.1 Å². The Bertz CT molecular complexity index is 290. The largest absolute Gasteiger partial charge is 0.396 e. The van der Waals surface area contributed by atoms with Gasteiger partial charge in [0.25, 0.3) is 0 Å². The van der Waals surface area contributed by atoms with Gasteiger partial charge in [-0.3, -0.25) is 0 Å². The van der Waals surface area contributed by atoms with Crippen LogP contribution in [0.25, 0.3) is 0 Å². The molecule has 2 rings (SSSR count). The summed E-state index contributed by atoms with van der Waals surface area (Å²) in [5.41, 5.74) is -2.12. The van der Waals surface area contributed by atoms with Crippen molar-refractivity contribution >= 4 is 0 Å². The van der Waals surface area contributed by atoms with E-state index in [1.165, 1.54) is 0 Å². The van der Waals surface area contributed by atoms with Gasteiger partial charge in [-0.25, -0.2) is 8.78 Å². The van der Waals surface area contributed by atoms with Crippen molar-refractivity contribution in [1.82, 2.24) is 4.90 Å². The summed E-state index contributed by atoms with van der Waals surface area (Å²) in [6, 6.07) is 0. The van der Waals surface area contributed by atoms with Gasteiger partial charge in [0.1, 0.15) is 0 Å². The molecule has 2 aliphatic rings. The summed E-state index contributed by atoms with van der Waals surface area (Å²) in [6.45, 7) is 1.23. The molecule has 100 valence electrons. The van der Waals surface area contributed by atoms with Crippen molar-refractivity contribution in [3.8, 4) is 0 Å². The van der Waals surface area contributed by atoms with Crippen molar-refractivity contribution in [2.75, 3.05) is 26.7 Å². The second-order valence-electron chi connectivity index (χ2n) is 5.84. The van der Waals surface area contributed by atoms with E-state index in [9.17, 15) is 19.0 Å². The monoisotopic (exact) mass is 249 g/mol. The second kappa shape index (κ2) is 4.14. The van der Waals surface area contributed by atoms with Crippen molar-refractivity contribution in [3.63, 3.8) is 0 Å². The van der Waals surface area contributed by atoms with E-state index in [0.29, 0.717) is 19.4 Å². The zero-order valence-electron chi connectivity index (χ0n) is 10.3. The molecule has 0 radical (unpaired) electrons. The Morgan fingerprint density at radius 3 is 2.35 bits per heavy atom. The Kier molecular flexibility index (Phi) is 3.21.